The predicted octanol–water partition coefficient (Wildman–Crippen LogP) is 3.79. The Morgan fingerprint density at radius 2 is 1.97 bits per heavy atom. The normalized spacial score (nSPS) is 19.0. The number of sulfonamides is 1. The molecule has 184 valence electrons. The molecule has 0 aliphatic carbocycles. The zero-order valence-corrected chi connectivity index (χ0v) is 20.0. The molecule has 0 unspecified atom stereocenters. The van der Waals surface area contributed by atoms with Gasteiger partial charge in [-0.3, -0.25) is 9.52 Å². The Kier molecular flexibility index (Phi) is 8.34. The number of nitrogens with one attached hydrogen (secondary N) is 1. The number of anilines is 1. The van der Waals surface area contributed by atoms with Crippen LogP contribution in [0.5, 0.6) is 0 Å². The number of nitrogens with zero attached hydrogens (tertiary/aromatic N) is 2. The SMILES string of the molecule is CCS(=O)(=O)Nc1nc(-c2ccc(F)cc2)c(/C=C/[C@@H]2C[C@H](CC(=O)O)OCO2)c(C(C)C)n1. The summed E-state index contributed by atoms with van der Waals surface area (Å²) >= 11 is 0. The first-order chi connectivity index (χ1) is 16.1. The van der Waals surface area contributed by atoms with Crippen LogP contribution in [0.3, 0.4) is 0 Å². The van der Waals surface area contributed by atoms with Crippen molar-refractivity contribution in [2.75, 3.05) is 17.3 Å². The van der Waals surface area contributed by atoms with Crippen molar-refractivity contribution in [1.82, 2.24) is 9.97 Å². The van der Waals surface area contributed by atoms with Gasteiger partial charge in [-0.05, 0) is 37.1 Å². The smallest absolute Gasteiger partial charge is 0.305 e. The van der Waals surface area contributed by atoms with E-state index in [9.17, 15) is 17.6 Å². The van der Waals surface area contributed by atoms with Crippen molar-refractivity contribution >= 4 is 28.0 Å². The maximum absolute atomic E-state index is 13.6. The minimum absolute atomic E-state index is 0.0248. The molecule has 1 aliphatic heterocycles. The Labute approximate surface area is 198 Å². The van der Waals surface area contributed by atoms with E-state index in [1.54, 1.807) is 24.3 Å². The molecule has 0 radical (unpaired) electrons. The standard InChI is InChI=1S/C23H28FN3O6S/c1-4-34(30,31)27-23-25-21(14(2)3)19(22(26-23)15-5-7-16(24)8-6-15)10-9-17-11-18(12-20(28)29)33-13-32-17/h5-10,14,17-18H,4,11-13H2,1-3H3,(H,28,29)(H,25,26,27)/b10-9+/t17-,18-/m1/s1. The van der Waals surface area contributed by atoms with Gasteiger partial charge in [0, 0.05) is 17.5 Å². The molecule has 9 nitrogen and oxygen atoms in total. The van der Waals surface area contributed by atoms with Gasteiger partial charge in [-0.15, -0.1) is 0 Å². The van der Waals surface area contributed by atoms with Crippen LogP contribution in [0.1, 0.15) is 50.8 Å². The second-order valence-electron chi connectivity index (χ2n) is 8.17. The molecule has 0 spiro atoms. The molecule has 3 rings (SSSR count). The Morgan fingerprint density at radius 1 is 1.26 bits per heavy atom. The molecule has 2 N–H and O–H groups in total. The van der Waals surface area contributed by atoms with Crippen LogP contribution in [0.4, 0.5) is 10.3 Å². The molecule has 1 aromatic heterocycles. The van der Waals surface area contributed by atoms with Crippen molar-refractivity contribution in [3.63, 3.8) is 0 Å². The second-order valence-corrected chi connectivity index (χ2v) is 10.2. The summed E-state index contributed by atoms with van der Waals surface area (Å²) < 4.78 is 51.2. The van der Waals surface area contributed by atoms with Crippen LogP contribution in [0.15, 0.2) is 30.3 Å². The lowest BCUT2D eigenvalue weighted by atomic mass is 9.97. The van der Waals surface area contributed by atoms with Crippen molar-refractivity contribution in [2.45, 2.75) is 51.7 Å². The number of carboxylic acids is 1. The first-order valence-corrected chi connectivity index (χ1v) is 12.5. The second kappa shape index (κ2) is 11.0. The van der Waals surface area contributed by atoms with Gasteiger partial charge in [0.25, 0.3) is 0 Å². The van der Waals surface area contributed by atoms with Gasteiger partial charge in [-0.1, -0.05) is 26.0 Å². The van der Waals surface area contributed by atoms with Gasteiger partial charge in [-0.2, -0.15) is 0 Å². The molecule has 1 aromatic carbocycles. The van der Waals surface area contributed by atoms with Crippen LogP contribution >= 0.6 is 0 Å². The van der Waals surface area contributed by atoms with Crippen LogP contribution in [-0.4, -0.2) is 54.2 Å². The first-order valence-electron chi connectivity index (χ1n) is 10.9. The van der Waals surface area contributed by atoms with Gasteiger partial charge in [0.05, 0.1) is 35.8 Å². The van der Waals surface area contributed by atoms with Crippen molar-refractivity contribution in [2.24, 2.45) is 0 Å². The van der Waals surface area contributed by atoms with Gasteiger partial charge >= 0.3 is 5.97 Å². The predicted molar refractivity (Wildman–Crippen MR) is 125 cm³/mol. The van der Waals surface area contributed by atoms with Gasteiger partial charge in [0.1, 0.15) is 12.6 Å². The van der Waals surface area contributed by atoms with Gasteiger partial charge in [-0.25, -0.2) is 22.8 Å². The number of carbonyl (C=O) groups is 1. The third-order valence-corrected chi connectivity index (χ3v) is 6.48. The molecule has 0 saturated carbocycles. The zero-order valence-electron chi connectivity index (χ0n) is 19.2. The van der Waals surface area contributed by atoms with Crippen LogP contribution < -0.4 is 4.72 Å². The number of aliphatic carboxylic acids is 1. The number of carboxylic acid groups (broad SMARTS) is 1. The highest BCUT2D eigenvalue weighted by atomic mass is 32.2. The number of benzene rings is 1. The largest absolute Gasteiger partial charge is 0.481 e. The fraction of sp³-hybridized carbons (Fsp3) is 0.435. The van der Waals surface area contributed by atoms with Crippen LogP contribution in [-0.2, 0) is 24.3 Å². The highest BCUT2D eigenvalue weighted by Gasteiger charge is 2.24. The molecular formula is C23H28FN3O6S. The fourth-order valence-corrected chi connectivity index (χ4v) is 3.98. The Hall–Kier alpha value is -2.89. The number of hydrogen-bond acceptors (Lipinski definition) is 7. The molecule has 0 bridgehead atoms. The van der Waals surface area contributed by atoms with E-state index in [2.05, 4.69) is 14.7 Å². The summed E-state index contributed by atoms with van der Waals surface area (Å²) in [4.78, 5) is 19.9. The maximum atomic E-state index is 13.6. The highest BCUT2D eigenvalue weighted by Crippen LogP contribution is 2.31. The monoisotopic (exact) mass is 493 g/mol. The molecule has 2 heterocycles. The average Bonchev–Trinajstić information content (AvgIpc) is 2.77. The van der Waals surface area contributed by atoms with E-state index in [0.717, 1.165) is 0 Å². The Bertz CT molecular complexity index is 1150. The molecule has 34 heavy (non-hydrogen) atoms. The third kappa shape index (κ3) is 6.81. The molecule has 11 heteroatoms. The molecule has 1 fully saturated rings. The molecular weight excluding hydrogens is 465 g/mol. The van der Waals surface area contributed by atoms with Crippen molar-refractivity contribution in [3.8, 4) is 11.3 Å². The Balaban J connectivity index is 2.05. The van der Waals surface area contributed by atoms with E-state index in [4.69, 9.17) is 14.6 Å². The van der Waals surface area contributed by atoms with Crippen molar-refractivity contribution < 1.29 is 32.2 Å². The van der Waals surface area contributed by atoms with Crippen LogP contribution in [0.25, 0.3) is 17.3 Å². The summed E-state index contributed by atoms with van der Waals surface area (Å²) in [6.07, 6.45) is 2.94. The van der Waals surface area contributed by atoms with Crippen LogP contribution in [0, 0.1) is 5.82 Å². The van der Waals surface area contributed by atoms with E-state index in [0.29, 0.717) is 28.9 Å². The summed E-state index contributed by atoms with van der Waals surface area (Å²) in [5.41, 5.74) is 2.23. The molecule has 0 amide bonds. The summed E-state index contributed by atoms with van der Waals surface area (Å²) in [5, 5.41) is 9.03. The third-order valence-electron chi connectivity index (χ3n) is 5.23. The number of ether oxygens (including phenoxy) is 2. The molecule has 2 atom stereocenters. The van der Waals surface area contributed by atoms with Crippen LogP contribution in [0.2, 0.25) is 0 Å². The van der Waals surface area contributed by atoms with Gasteiger partial charge < -0.3 is 14.6 Å². The number of rotatable bonds is 9. The summed E-state index contributed by atoms with van der Waals surface area (Å²) in [5.74, 6) is -1.66. The molecule has 1 aliphatic rings. The van der Waals surface area contributed by atoms with E-state index in [-0.39, 0.29) is 30.8 Å². The number of halogens is 1. The lowest BCUT2D eigenvalue weighted by molar-refractivity contribution is -0.171. The maximum Gasteiger partial charge on any atom is 0.305 e. The highest BCUT2D eigenvalue weighted by molar-refractivity contribution is 7.92. The van der Waals surface area contributed by atoms with Gasteiger partial charge in [0.15, 0.2) is 0 Å². The summed E-state index contributed by atoms with van der Waals surface area (Å²) in [6.45, 7) is 5.32. The zero-order chi connectivity index (χ0) is 24.9. The minimum Gasteiger partial charge on any atom is -0.481 e. The van der Waals surface area contributed by atoms with E-state index in [1.165, 1.54) is 19.1 Å². The van der Waals surface area contributed by atoms with E-state index in [1.807, 2.05) is 13.8 Å². The Morgan fingerprint density at radius 3 is 2.59 bits per heavy atom. The first kappa shape index (κ1) is 25.7. The summed E-state index contributed by atoms with van der Waals surface area (Å²) in [6, 6.07) is 5.72. The topological polar surface area (TPSA) is 128 Å². The van der Waals surface area contributed by atoms with Gasteiger partial charge in [0.2, 0.25) is 16.0 Å². The average molecular weight is 494 g/mol. The van der Waals surface area contributed by atoms with E-state index < -0.39 is 34.0 Å². The summed E-state index contributed by atoms with van der Waals surface area (Å²) in [7, 11) is -3.61. The minimum atomic E-state index is -3.61. The quantitative estimate of drug-likeness (QED) is 0.540. The molecule has 1 saturated heterocycles. The van der Waals surface area contributed by atoms with E-state index >= 15 is 0 Å². The van der Waals surface area contributed by atoms with Crippen molar-refractivity contribution in [1.29, 1.82) is 0 Å². The lowest BCUT2D eigenvalue weighted by Crippen LogP contribution is -2.31. The fourth-order valence-electron chi connectivity index (χ4n) is 3.47. The van der Waals surface area contributed by atoms with Crippen molar-refractivity contribution in [3.05, 3.63) is 47.4 Å². The molecule has 2 aromatic rings. The lowest BCUT2D eigenvalue weighted by Gasteiger charge is -2.27. The number of hydrogen-bond donors (Lipinski definition) is 2. The number of aromatic nitrogens is 2.